The quantitative estimate of drug-likeness (QED) is 0.388. The molecule has 2 heterocycles. The summed E-state index contributed by atoms with van der Waals surface area (Å²) in [5.41, 5.74) is 3.36. The molecule has 0 spiro atoms. The number of nitrogens with one attached hydrogen (secondary N) is 1. The Morgan fingerprint density at radius 3 is 2.35 bits per heavy atom. The average molecular weight is 290 g/mol. The lowest BCUT2D eigenvalue weighted by Gasteiger charge is -2.19. The Hall–Kier alpha value is -1.73. The molecule has 0 aliphatic rings. The zero-order valence-electron chi connectivity index (χ0n) is 12.0. The highest BCUT2D eigenvalue weighted by molar-refractivity contribution is 7.99. The minimum atomic E-state index is -0.161. The highest BCUT2D eigenvalue weighted by Crippen LogP contribution is 2.31. The molecular weight excluding hydrogens is 272 g/mol. The number of rotatable bonds is 3. The zero-order valence-corrected chi connectivity index (χ0v) is 12.8. The standard InChI is InChI=1S/C13H18N6S/c1-8-9(19-14)17-11(13(2,3)4)18-10(8)20-12-15-6-5-7-16-12/h5-7H,14H2,1-4H3,(H,17,18,19). The van der Waals surface area contributed by atoms with Crippen LogP contribution in [0.15, 0.2) is 28.6 Å². The molecule has 0 bridgehead atoms. The van der Waals surface area contributed by atoms with Crippen molar-refractivity contribution in [2.45, 2.75) is 43.3 Å². The number of nitrogens with two attached hydrogens (primary N) is 1. The van der Waals surface area contributed by atoms with Gasteiger partial charge in [-0.25, -0.2) is 25.8 Å². The van der Waals surface area contributed by atoms with E-state index in [-0.39, 0.29) is 5.41 Å². The van der Waals surface area contributed by atoms with E-state index in [4.69, 9.17) is 5.84 Å². The van der Waals surface area contributed by atoms with Crippen LogP contribution in [0.5, 0.6) is 0 Å². The fourth-order valence-corrected chi connectivity index (χ4v) is 2.28. The third-order valence-corrected chi connectivity index (χ3v) is 3.62. The molecule has 2 aromatic heterocycles. The zero-order chi connectivity index (χ0) is 14.8. The lowest BCUT2D eigenvalue weighted by molar-refractivity contribution is 0.538. The number of hydrogen-bond acceptors (Lipinski definition) is 7. The summed E-state index contributed by atoms with van der Waals surface area (Å²) in [5, 5.41) is 1.46. The van der Waals surface area contributed by atoms with Crippen LogP contribution >= 0.6 is 11.8 Å². The average Bonchev–Trinajstić information content (AvgIpc) is 2.41. The van der Waals surface area contributed by atoms with Crippen molar-refractivity contribution in [1.29, 1.82) is 0 Å². The summed E-state index contributed by atoms with van der Waals surface area (Å²) in [6.45, 7) is 8.11. The Morgan fingerprint density at radius 2 is 1.80 bits per heavy atom. The molecule has 3 N–H and O–H groups in total. The topological polar surface area (TPSA) is 89.6 Å². The third kappa shape index (κ3) is 3.23. The fourth-order valence-electron chi connectivity index (χ4n) is 1.50. The molecule has 0 atom stereocenters. The minimum absolute atomic E-state index is 0.161. The van der Waals surface area contributed by atoms with Crippen molar-refractivity contribution in [1.82, 2.24) is 19.9 Å². The van der Waals surface area contributed by atoms with Crippen LogP contribution in [0, 0.1) is 6.92 Å². The lowest BCUT2D eigenvalue weighted by atomic mass is 9.95. The van der Waals surface area contributed by atoms with E-state index in [0.717, 1.165) is 16.4 Å². The van der Waals surface area contributed by atoms with Gasteiger partial charge in [0, 0.05) is 23.4 Å². The van der Waals surface area contributed by atoms with E-state index in [9.17, 15) is 0 Å². The van der Waals surface area contributed by atoms with Crippen molar-refractivity contribution in [3.8, 4) is 0 Å². The Balaban J connectivity index is 2.46. The molecule has 0 saturated carbocycles. The molecule has 6 nitrogen and oxygen atoms in total. The van der Waals surface area contributed by atoms with E-state index in [1.165, 1.54) is 11.8 Å². The summed E-state index contributed by atoms with van der Waals surface area (Å²) < 4.78 is 0. The monoisotopic (exact) mass is 290 g/mol. The fraction of sp³-hybridized carbons (Fsp3) is 0.385. The van der Waals surface area contributed by atoms with Gasteiger partial charge in [0.05, 0.1) is 0 Å². The molecular formula is C13H18N6S. The summed E-state index contributed by atoms with van der Waals surface area (Å²) in [4.78, 5) is 17.5. The second kappa shape index (κ2) is 5.72. The highest BCUT2D eigenvalue weighted by Gasteiger charge is 2.21. The normalized spacial score (nSPS) is 11.4. The molecule has 0 amide bonds. The predicted octanol–water partition coefficient (Wildman–Crippen LogP) is 2.31. The largest absolute Gasteiger partial charge is 0.308 e. The Labute approximate surface area is 122 Å². The summed E-state index contributed by atoms with van der Waals surface area (Å²) >= 11 is 1.41. The number of hydrogen-bond donors (Lipinski definition) is 2. The van der Waals surface area contributed by atoms with Crippen LogP contribution in [0.4, 0.5) is 5.82 Å². The highest BCUT2D eigenvalue weighted by atomic mass is 32.2. The van der Waals surface area contributed by atoms with Crippen LogP contribution in [0.25, 0.3) is 0 Å². The Bertz CT molecular complexity index is 594. The van der Waals surface area contributed by atoms with Crippen LogP contribution in [0.3, 0.4) is 0 Å². The van der Waals surface area contributed by atoms with Crippen molar-refractivity contribution in [3.63, 3.8) is 0 Å². The second-order valence-corrected chi connectivity index (χ2v) is 6.31. The minimum Gasteiger partial charge on any atom is -0.308 e. The van der Waals surface area contributed by atoms with Crippen molar-refractivity contribution in [2.75, 3.05) is 5.43 Å². The molecule has 0 aliphatic carbocycles. The first-order valence-corrected chi connectivity index (χ1v) is 7.04. The number of anilines is 1. The first kappa shape index (κ1) is 14.7. The van der Waals surface area contributed by atoms with Crippen molar-refractivity contribution in [2.24, 2.45) is 5.84 Å². The lowest BCUT2D eigenvalue weighted by Crippen LogP contribution is -2.20. The van der Waals surface area contributed by atoms with Crippen molar-refractivity contribution >= 4 is 17.6 Å². The van der Waals surface area contributed by atoms with Gasteiger partial charge in [0.2, 0.25) is 0 Å². The molecule has 0 aliphatic heterocycles. The second-order valence-electron chi connectivity index (χ2n) is 5.35. The number of hydrazine groups is 1. The molecule has 0 saturated heterocycles. The molecule has 0 aromatic carbocycles. The number of aromatic nitrogens is 4. The Morgan fingerprint density at radius 1 is 1.15 bits per heavy atom. The summed E-state index contributed by atoms with van der Waals surface area (Å²) in [6.07, 6.45) is 3.41. The maximum absolute atomic E-state index is 5.54. The molecule has 20 heavy (non-hydrogen) atoms. The van der Waals surface area contributed by atoms with Crippen LogP contribution < -0.4 is 11.3 Å². The molecule has 0 unspecified atom stereocenters. The van der Waals surface area contributed by atoms with Gasteiger partial charge in [0.15, 0.2) is 5.16 Å². The van der Waals surface area contributed by atoms with Gasteiger partial charge in [-0.1, -0.05) is 20.8 Å². The molecule has 0 fully saturated rings. The SMILES string of the molecule is Cc1c(NN)nc(C(C)(C)C)nc1Sc1ncccn1. The Kier molecular flexibility index (Phi) is 4.20. The van der Waals surface area contributed by atoms with Crippen LogP contribution in [-0.2, 0) is 5.41 Å². The van der Waals surface area contributed by atoms with E-state index < -0.39 is 0 Å². The van der Waals surface area contributed by atoms with Gasteiger partial charge in [0.25, 0.3) is 0 Å². The van der Waals surface area contributed by atoms with Gasteiger partial charge < -0.3 is 5.43 Å². The maximum Gasteiger partial charge on any atom is 0.193 e. The first-order valence-electron chi connectivity index (χ1n) is 6.22. The van der Waals surface area contributed by atoms with Gasteiger partial charge in [-0.3, -0.25) is 0 Å². The predicted molar refractivity (Wildman–Crippen MR) is 79.4 cm³/mol. The van der Waals surface area contributed by atoms with Crippen LogP contribution in [0.1, 0.15) is 32.2 Å². The summed E-state index contributed by atoms with van der Waals surface area (Å²) in [7, 11) is 0. The third-order valence-electron chi connectivity index (χ3n) is 2.64. The van der Waals surface area contributed by atoms with Gasteiger partial charge in [-0.05, 0) is 24.8 Å². The molecule has 2 rings (SSSR count). The van der Waals surface area contributed by atoms with E-state index in [0.29, 0.717) is 11.0 Å². The molecule has 0 radical (unpaired) electrons. The smallest absolute Gasteiger partial charge is 0.193 e. The van der Waals surface area contributed by atoms with Gasteiger partial charge in [-0.2, -0.15) is 0 Å². The summed E-state index contributed by atoms with van der Waals surface area (Å²) in [6, 6.07) is 1.78. The van der Waals surface area contributed by atoms with Gasteiger partial charge in [0.1, 0.15) is 16.7 Å². The molecule has 7 heteroatoms. The van der Waals surface area contributed by atoms with E-state index in [2.05, 4.69) is 46.1 Å². The summed E-state index contributed by atoms with van der Waals surface area (Å²) in [5.74, 6) is 6.90. The van der Waals surface area contributed by atoms with Crippen molar-refractivity contribution in [3.05, 3.63) is 29.8 Å². The van der Waals surface area contributed by atoms with Gasteiger partial charge >= 0.3 is 0 Å². The number of nitrogen functional groups attached to an aromatic ring is 1. The van der Waals surface area contributed by atoms with Crippen molar-refractivity contribution < 1.29 is 0 Å². The molecule has 106 valence electrons. The van der Waals surface area contributed by atoms with Crippen LogP contribution in [-0.4, -0.2) is 19.9 Å². The first-order chi connectivity index (χ1) is 9.41. The van der Waals surface area contributed by atoms with E-state index >= 15 is 0 Å². The number of nitrogens with zero attached hydrogens (tertiary/aromatic N) is 4. The molecule has 2 aromatic rings. The van der Waals surface area contributed by atoms with Gasteiger partial charge in [-0.15, -0.1) is 0 Å². The maximum atomic E-state index is 5.54. The van der Waals surface area contributed by atoms with E-state index in [1.54, 1.807) is 18.5 Å². The van der Waals surface area contributed by atoms with E-state index in [1.807, 2.05) is 6.92 Å². The van der Waals surface area contributed by atoms with Crippen LogP contribution in [0.2, 0.25) is 0 Å².